The van der Waals surface area contributed by atoms with E-state index in [1.165, 1.54) is 0 Å². The van der Waals surface area contributed by atoms with Gasteiger partial charge in [-0.3, -0.25) is 13.8 Å². The van der Waals surface area contributed by atoms with Crippen molar-refractivity contribution < 1.29 is 13.8 Å². The van der Waals surface area contributed by atoms with Crippen molar-refractivity contribution in [2.45, 2.75) is 58.7 Å². The van der Waals surface area contributed by atoms with Gasteiger partial charge in [0.15, 0.2) is 0 Å². The molecule has 5 nitrogen and oxygen atoms in total. The fourth-order valence-corrected chi connectivity index (χ4v) is 4.54. The highest BCUT2D eigenvalue weighted by atomic mass is 32.2. The lowest BCUT2D eigenvalue weighted by molar-refractivity contribution is -0.155. The van der Waals surface area contributed by atoms with Gasteiger partial charge in [0.05, 0.1) is 0 Å². The normalized spacial score (nSPS) is 34.5. The van der Waals surface area contributed by atoms with Crippen molar-refractivity contribution in [1.82, 2.24) is 10.2 Å². The molecule has 2 saturated heterocycles. The van der Waals surface area contributed by atoms with Gasteiger partial charge in [-0.05, 0) is 24.7 Å². The summed E-state index contributed by atoms with van der Waals surface area (Å²) in [5.74, 6) is 1.40. The minimum atomic E-state index is -0.763. The summed E-state index contributed by atoms with van der Waals surface area (Å²) < 4.78 is 11.6. The maximum atomic E-state index is 12.8. The molecule has 0 aliphatic carbocycles. The van der Waals surface area contributed by atoms with Crippen molar-refractivity contribution in [3.05, 3.63) is 0 Å². The Hall–Kier alpha value is -0.910. The third-order valence-electron chi connectivity index (χ3n) is 4.44. The lowest BCUT2D eigenvalue weighted by Crippen LogP contribution is -2.68. The standard InChI is InChI=1S/C15H26N2O3S/c1-9(2)12-15(19)17(11-5-7-21(20)8-6-11)13(10(3)4)14(18)16-12/h9-13H,5-8H2,1-4H3,(H,16,18). The van der Waals surface area contributed by atoms with E-state index < -0.39 is 22.9 Å². The van der Waals surface area contributed by atoms with E-state index >= 15 is 0 Å². The highest BCUT2D eigenvalue weighted by Crippen LogP contribution is 2.27. The molecule has 120 valence electrons. The van der Waals surface area contributed by atoms with Gasteiger partial charge in [0.25, 0.3) is 0 Å². The highest BCUT2D eigenvalue weighted by molar-refractivity contribution is 7.85. The molecule has 2 unspecified atom stereocenters. The molecule has 6 heteroatoms. The van der Waals surface area contributed by atoms with Crippen molar-refractivity contribution in [3.63, 3.8) is 0 Å². The molecule has 2 fully saturated rings. The number of amides is 2. The summed E-state index contributed by atoms with van der Waals surface area (Å²) >= 11 is 0. The van der Waals surface area contributed by atoms with Crippen LogP contribution in [0.25, 0.3) is 0 Å². The fraction of sp³-hybridized carbons (Fsp3) is 0.867. The van der Waals surface area contributed by atoms with Crippen LogP contribution in [0.5, 0.6) is 0 Å². The number of carbonyl (C=O) groups is 2. The molecule has 2 rings (SSSR count). The van der Waals surface area contributed by atoms with Gasteiger partial charge in [-0.15, -0.1) is 0 Å². The van der Waals surface area contributed by atoms with Crippen LogP contribution in [0, 0.1) is 11.8 Å². The first-order chi connectivity index (χ1) is 9.82. The Morgan fingerprint density at radius 1 is 1.10 bits per heavy atom. The van der Waals surface area contributed by atoms with E-state index in [0.29, 0.717) is 11.5 Å². The number of rotatable bonds is 3. The number of hydrogen-bond acceptors (Lipinski definition) is 3. The van der Waals surface area contributed by atoms with Crippen molar-refractivity contribution in [3.8, 4) is 0 Å². The molecule has 2 aliphatic rings. The van der Waals surface area contributed by atoms with Crippen molar-refractivity contribution >= 4 is 22.6 Å². The van der Waals surface area contributed by atoms with Gasteiger partial charge in [0.1, 0.15) is 12.1 Å². The molecule has 2 atom stereocenters. The molecule has 0 radical (unpaired) electrons. The van der Waals surface area contributed by atoms with E-state index in [4.69, 9.17) is 0 Å². The molecule has 21 heavy (non-hydrogen) atoms. The molecule has 2 amide bonds. The minimum Gasteiger partial charge on any atom is -0.342 e. The minimum absolute atomic E-state index is 0.0287. The van der Waals surface area contributed by atoms with E-state index in [2.05, 4.69) is 5.32 Å². The van der Waals surface area contributed by atoms with E-state index in [1.807, 2.05) is 32.6 Å². The lowest BCUT2D eigenvalue weighted by atomic mass is 9.90. The molecular formula is C15H26N2O3S. The number of nitrogens with one attached hydrogen (secondary N) is 1. The van der Waals surface area contributed by atoms with Gasteiger partial charge in [-0.25, -0.2) is 0 Å². The monoisotopic (exact) mass is 314 g/mol. The van der Waals surface area contributed by atoms with Crippen LogP contribution in [0.2, 0.25) is 0 Å². The van der Waals surface area contributed by atoms with Crippen LogP contribution >= 0.6 is 0 Å². The smallest absolute Gasteiger partial charge is 0.246 e. The van der Waals surface area contributed by atoms with Crippen LogP contribution in [0.3, 0.4) is 0 Å². The Labute approximate surface area is 129 Å². The zero-order chi connectivity index (χ0) is 15.7. The van der Waals surface area contributed by atoms with Crippen LogP contribution < -0.4 is 5.32 Å². The third-order valence-corrected chi connectivity index (χ3v) is 5.82. The molecular weight excluding hydrogens is 288 g/mol. The predicted octanol–water partition coefficient (Wildman–Crippen LogP) is 0.905. The van der Waals surface area contributed by atoms with Crippen LogP contribution in [0.4, 0.5) is 0 Å². The largest absolute Gasteiger partial charge is 0.342 e. The first kappa shape index (κ1) is 16.5. The quantitative estimate of drug-likeness (QED) is 0.842. The van der Waals surface area contributed by atoms with Gasteiger partial charge in [-0.2, -0.15) is 0 Å². The summed E-state index contributed by atoms with van der Waals surface area (Å²) in [5, 5.41) is 2.88. The van der Waals surface area contributed by atoms with Crippen molar-refractivity contribution in [1.29, 1.82) is 0 Å². The number of piperazine rings is 1. The second-order valence-electron chi connectivity index (χ2n) is 6.74. The average Bonchev–Trinajstić information content (AvgIpc) is 2.41. The van der Waals surface area contributed by atoms with Gasteiger partial charge in [0, 0.05) is 28.3 Å². The van der Waals surface area contributed by atoms with Gasteiger partial charge in [-0.1, -0.05) is 27.7 Å². The SMILES string of the molecule is CC(C)C1NC(=O)C(C(C)C)N(C2CCS(=O)CC2)C1=O. The van der Waals surface area contributed by atoms with Gasteiger partial charge in [0.2, 0.25) is 11.8 Å². The molecule has 0 aromatic rings. The Morgan fingerprint density at radius 2 is 1.67 bits per heavy atom. The van der Waals surface area contributed by atoms with Gasteiger partial charge < -0.3 is 10.2 Å². The second-order valence-corrected chi connectivity index (χ2v) is 8.44. The molecule has 1 N–H and O–H groups in total. The van der Waals surface area contributed by atoms with Crippen LogP contribution in [0.15, 0.2) is 0 Å². The highest BCUT2D eigenvalue weighted by Gasteiger charge is 2.46. The van der Waals surface area contributed by atoms with E-state index in [0.717, 1.165) is 12.8 Å². The van der Waals surface area contributed by atoms with E-state index in [1.54, 1.807) is 0 Å². The predicted molar refractivity (Wildman–Crippen MR) is 83.1 cm³/mol. The van der Waals surface area contributed by atoms with Crippen LogP contribution in [-0.2, 0) is 20.4 Å². The molecule has 0 aromatic carbocycles. The lowest BCUT2D eigenvalue weighted by Gasteiger charge is -2.46. The first-order valence-corrected chi connectivity index (χ1v) is 9.29. The molecule has 0 bridgehead atoms. The molecule has 0 spiro atoms. The van der Waals surface area contributed by atoms with Gasteiger partial charge >= 0.3 is 0 Å². The summed E-state index contributed by atoms with van der Waals surface area (Å²) in [6.45, 7) is 7.85. The summed E-state index contributed by atoms with van der Waals surface area (Å²) in [5.41, 5.74) is 0. The number of nitrogens with zero attached hydrogens (tertiary/aromatic N) is 1. The van der Waals surface area contributed by atoms with Crippen LogP contribution in [-0.4, -0.2) is 50.6 Å². The fourth-order valence-electron chi connectivity index (χ4n) is 3.27. The summed E-state index contributed by atoms with van der Waals surface area (Å²) in [6, 6.07) is -0.779. The van der Waals surface area contributed by atoms with Crippen molar-refractivity contribution in [2.75, 3.05) is 11.5 Å². The Bertz CT molecular complexity index is 440. The summed E-state index contributed by atoms with van der Waals surface area (Å²) in [4.78, 5) is 27.1. The Morgan fingerprint density at radius 3 is 2.14 bits per heavy atom. The number of hydrogen-bond donors (Lipinski definition) is 1. The molecule has 0 saturated carbocycles. The summed E-state index contributed by atoms with van der Waals surface area (Å²) in [7, 11) is -0.763. The van der Waals surface area contributed by atoms with Crippen LogP contribution in [0.1, 0.15) is 40.5 Å². The molecule has 0 aromatic heterocycles. The summed E-state index contributed by atoms with van der Waals surface area (Å²) in [6.07, 6.45) is 1.47. The second kappa shape index (κ2) is 6.46. The average molecular weight is 314 g/mol. The van der Waals surface area contributed by atoms with E-state index in [-0.39, 0.29) is 29.7 Å². The molecule has 2 aliphatic heterocycles. The zero-order valence-corrected chi connectivity index (χ0v) is 14.1. The third kappa shape index (κ3) is 3.30. The Kier molecular flexibility index (Phi) is 5.07. The first-order valence-electron chi connectivity index (χ1n) is 7.80. The zero-order valence-electron chi connectivity index (χ0n) is 13.3. The van der Waals surface area contributed by atoms with E-state index in [9.17, 15) is 13.8 Å². The number of carbonyl (C=O) groups excluding carboxylic acids is 2. The maximum absolute atomic E-state index is 12.8. The maximum Gasteiger partial charge on any atom is 0.246 e. The topological polar surface area (TPSA) is 66.5 Å². The molecule has 2 heterocycles. The van der Waals surface area contributed by atoms with Crippen molar-refractivity contribution in [2.24, 2.45) is 11.8 Å². The Balaban J connectivity index is 2.27.